The number of ether oxygens (including phenoxy) is 1. The van der Waals surface area contributed by atoms with Crippen LogP contribution in [0.15, 0.2) is 24.3 Å². The van der Waals surface area contributed by atoms with Gasteiger partial charge < -0.3 is 14.7 Å². The van der Waals surface area contributed by atoms with Crippen LogP contribution in [-0.2, 0) is 4.79 Å². The van der Waals surface area contributed by atoms with Crippen LogP contribution in [0.5, 0.6) is 5.75 Å². The van der Waals surface area contributed by atoms with E-state index in [9.17, 15) is 23.1 Å². The molecule has 1 aromatic carbocycles. The highest BCUT2D eigenvalue weighted by atomic mass is 19.4. The van der Waals surface area contributed by atoms with Crippen LogP contribution in [0.3, 0.4) is 0 Å². The maximum absolute atomic E-state index is 13.1. The fourth-order valence-electron chi connectivity index (χ4n) is 4.32. The number of aliphatic hydroxyl groups is 1. The lowest BCUT2D eigenvalue weighted by atomic mass is 9.65. The van der Waals surface area contributed by atoms with Crippen molar-refractivity contribution in [1.82, 2.24) is 0 Å². The van der Waals surface area contributed by atoms with Crippen molar-refractivity contribution in [2.24, 2.45) is 17.3 Å². The number of nitrogens with zero attached hydrogens (tertiary/aromatic N) is 1. The van der Waals surface area contributed by atoms with E-state index in [0.717, 1.165) is 0 Å². The molecule has 1 aromatic rings. The number of benzene rings is 1. The Labute approximate surface area is 150 Å². The van der Waals surface area contributed by atoms with E-state index in [1.54, 1.807) is 4.90 Å². The molecule has 2 aliphatic rings. The number of hydrogen-bond donors (Lipinski definition) is 1. The van der Waals surface area contributed by atoms with E-state index >= 15 is 0 Å². The van der Waals surface area contributed by atoms with E-state index in [1.807, 2.05) is 0 Å². The maximum atomic E-state index is 13.1. The minimum atomic E-state index is -4.73. The lowest BCUT2D eigenvalue weighted by molar-refractivity contribution is -0.274. The topological polar surface area (TPSA) is 49.8 Å². The van der Waals surface area contributed by atoms with Crippen LogP contribution in [0.25, 0.3) is 0 Å². The first-order chi connectivity index (χ1) is 12.1. The first-order valence-corrected chi connectivity index (χ1v) is 8.97. The average Bonchev–Trinajstić information content (AvgIpc) is 2.86. The number of hydrogen-bond acceptors (Lipinski definition) is 3. The molecule has 1 saturated carbocycles. The Kier molecular flexibility index (Phi) is 4.94. The van der Waals surface area contributed by atoms with E-state index in [4.69, 9.17) is 0 Å². The molecule has 7 heteroatoms. The van der Waals surface area contributed by atoms with Crippen molar-refractivity contribution in [1.29, 1.82) is 0 Å². The zero-order chi connectivity index (χ0) is 19.1. The summed E-state index contributed by atoms with van der Waals surface area (Å²) in [6.07, 6.45) is -2.47. The van der Waals surface area contributed by atoms with Gasteiger partial charge in [-0.05, 0) is 61.8 Å². The van der Waals surface area contributed by atoms with Gasteiger partial charge in [-0.1, -0.05) is 13.8 Å². The summed E-state index contributed by atoms with van der Waals surface area (Å²) in [5, 5.41) is 10.2. The highest BCUT2D eigenvalue weighted by molar-refractivity contribution is 6.00. The summed E-state index contributed by atoms with van der Waals surface area (Å²) in [4.78, 5) is 14.7. The van der Waals surface area contributed by atoms with Crippen LogP contribution in [0.2, 0.25) is 0 Å². The number of carbonyl (C=O) groups is 1. The van der Waals surface area contributed by atoms with E-state index < -0.39 is 11.8 Å². The highest BCUT2D eigenvalue weighted by Crippen LogP contribution is 2.49. The van der Waals surface area contributed by atoms with Gasteiger partial charge in [-0.2, -0.15) is 0 Å². The van der Waals surface area contributed by atoms with Crippen molar-refractivity contribution in [2.75, 3.05) is 11.4 Å². The molecular weight excluding hydrogens is 347 g/mol. The van der Waals surface area contributed by atoms with E-state index in [1.165, 1.54) is 24.3 Å². The molecule has 1 aliphatic heterocycles. The number of halogens is 3. The third kappa shape index (κ3) is 3.68. The van der Waals surface area contributed by atoms with Crippen LogP contribution < -0.4 is 9.64 Å². The fourth-order valence-corrected chi connectivity index (χ4v) is 4.32. The van der Waals surface area contributed by atoms with Gasteiger partial charge in [0.15, 0.2) is 0 Å². The van der Waals surface area contributed by atoms with Crippen molar-refractivity contribution < 1.29 is 27.8 Å². The lowest BCUT2D eigenvalue weighted by Gasteiger charge is -2.41. The summed E-state index contributed by atoms with van der Waals surface area (Å²) in [5.74, 6) is 0.0980. The summed E-state index contributed by atoms with van der Waals surface area (Å²) >= 11 is 0. The Hall–Kier alpha value is -1.76. The predicted octanol–water partition coefficient (Wildman–Crippen LogP) is 4.13. The summed E-state index contributed by atoms with van der Waals surface area (Å²) in [6.45, 7) is 4.66. The molecule has 26 heavy (non-hydrogen) atoms. The maximum Gasteiger partial charge on any atom is 0.573 e. The molecular formula is C19H24F3NO3. The summed E-state index contributed by atoms with van der Waals surface area (Å²) in [6, 6.07) is 5.41. The van der Waals surface area contributed by atoms with Gasteiger partial charge >= 0.3 is 6.36 Å². The largest absolute Gasteiger partial charge is 0.573 e. The number of alkyl halides is 3. The average molecular weight is 371 g/mol. The molecule has 2 fully saturated rings. The predicted molar refractivity (Wildman–Crippen MR) is 90.7 cm³/mol. The number of amides is 1. The van der Waals surface area contributed by atoms with Crippen LogP contribution in [0, 0.1) is 17.3 Å². The van der Waals surface area contributed by atoms with Gasteiger partial charge in [-0.15, -0.1) is 13.2 Å². The third-order valence-electron chi connectivity index (χ3n) is 5.79. The Morgan fingerprint density at radius 3 is 2.46 bits per heavy atom. The minimum absolute atomic E-state index is 0.0135. The summed E-state index contributed by atoms with van der Waals surface area (Å²) in [5.41, 5.74) is 0.114. The molecule has 3 atom stereocenters. The van der Waals surface area contributed by atoms with Crippen LogP contribution >= 0.6 is 0 Å². The van der Waals surface area contributed by atoms with Crippen LogP contribution in [0.1, 0.15) is 39.5 Å². The molecule has 144 valence electrons. The standard InChI is InChI=1S/C19H24F3NO3/c1-12(2)15-11-18(8-7-16(15)24)9-10-23(17(18)25)13-3-5-14(6-4-13)26-19(20,21)22/h3-6,12,15-16,24H,7-11H2,1-2H3. The van der Waals surface area contributed by atoms with Gasteiger partial charge in [0.05, 0.1) is 11.5 Å². The molecule has 1 saturated heterocycles. The SMILES string of the molecule is CC(C)C1CC2(CCC1O)CCN(c1ccc(OC(F)(F)F)cc1)C2=O. The second-order valence-electron chi connectivity index (χ2n) is 7.75. The van der Waals surface area contributed by atoms with Gasteiger partial charge in [-0.25, -0.2) is 0 Å². The number of rotatable bonds is 3. The summed E-state index contributed by atoms with van der Waals surface area (Å²) < 4.78 is 40.7. The van der Waals surface area contributed by atoms with Crippen LogP contribution in [0.4, 0.5) is 18.9 Å². The first-order valence-electron chi connectivity index (χ1n) is 8.97. The van der Waals surface area contributed by atoms with Crippen molar-refractivity contribution in [3.63, 3.8) is 0 Å². The van der Waals surface area contributed by atoms with E-state index in [0.29, 0.717) is 43.8 Å². The Morgan fingerprint density at radius 2 is 1.88 bits per heavy atom. The fraction of sp³-hybridized carbons (Fsp3) is 0.632. The normalized spacial score (nSPS) is 29.7. The second-order valence-corrected chi connectivity index (χ2v) is 7.75. The molecule has 1 aliphatic carbocycles. The Balaban J connectivity index is 1.75. The molecule has 3 rings (SSSR count). The molecule has 1 heterocycles. The third-order valence-corrected chi connectivity index (χ3v) is 5.79. The van der Waals surface area contributed by atoms with E-state index in [-0.39, 0.29) is 23.7 Å². The molecule has 4 nitrogen and oxygen atoms in total. The number of carbonyl (C=O) groups excluding carboxylic acids is 1. The highest BCUT2D eigenvalue weighted by Gasteiger charge is 2.51. The molecule has 1 amide bonds. The Morgan fingerprint density at radius 1 is 1.23 bits per heavy atom. The smallest absolute Gasteiger partial charge is 0.406 e. The van der Waals surface area contributed by atoms with Crippen LogP contribution in [-0.4, -0.2) is 30.0 Å². The van der Waals surface area contributed by atoms with Crippen molar-refractivity contribution >= 4 is 11.6 Å². The second kappa shape index (κ2) is 6.76. The van der Waals surface area contributed by atoms with Crippen molar-refractivity contribution in [2.45, 2.75) is 52.0 Å². The quantitative estimate of drug-likeness (QED) is 0.869. The molecule has 0 aromatic heterocycles. The molecule has 0 bridgehead atoms. The molecule has 0 radical (unpaired) electrons. The van der Waals surface area contributed by atoms with Gasteiger partial charge in [0.1, 0.15) is 5.75 Å². The van der Waals surface area contributed by atoms with Gasteiger partial charge in [-0.3, -0.25) is 4.79 Å². The first kappa shape index (κ1) is 19.0. The van der Waals surface area contributed by atoms with Crippen molar-refractivity contribution in [3.8, 4) is 5.75 Å². The van der Waals surface area contributed by atoms with Crippen molar-refractivity contribution in [3.05, 3.63) is 24.3 Å². The molecule has 3 unspecified atom stereocenters. The zero-order valence-corrected chi connectivity index (χ0v) is 14.9. The summed E-state index contributed by atoms with van der Waals surface area (Å²) in [7, 11) is 0. The van der Waals surface area contributed by atoms with Gasteiger partial charge in [0.25, 0.3) is 0 Å². The molecule has 1 N–H and O–H groups in total. The monoisotopic (exact) mass is 371 g/mol. The lowest BCUT2D eigenvalue weighted by Crippen LogP contribution is -2.44. The zero-order valence-electron chi connectivity index (χ0n) is 14.9. The van der Waals surface area contributed by atoms with E-state index in [2.05, 4.69) is 18.6 Å². The minimum Gasteiger partial charge on any atom is -0.406 e. The number of aliphatic hydroxyl groups excluding tert-OH is 1. The number of anilines is 1. The Bertz CT molecular complexity index is 659. The van der Waals surface area contributed by atoms with Gasteiger partial charge in [0.2, 0.25) is 5.91 Å². The molecule has 1 spiro atoms. The van der Waals surface area contributed by atoms with Gasteiger partial charge in [0, 0.05) is 12.2 Å².